The predicted molar refractivity (Wildman–Crippen MR) is 93.1 cm³/mol. The van der Waals surface area contributed by atoms with Gasteiger partial charge in [0.25, 0.3) is 0 Å². The van der Waals surface area contributed by atoms with Gasteiger partial charge in [0.1, 0.15) is 17.2 Å². The van der Waals surface area contributed by atoms with E-state index in [2.05, 4.69) is 9.97 Å². The van der Waals surface area contributed by atoms with Crippen molar-refractivity contribution in [3.63, 3.8) is 0 Å². The summed E-state index contributed by atoms with van der Waals surface area (Å²) in [6.07, 6.45) is 2.30. The molecule has 2 aromatic rings. The zero-order valence-electron chi connectivity index (χ0n) is 13.7. The van der Waals surface area contributed by atoms with Gasteiger partial charge in [0.15, 0.2) is 10.9 Å². The van der Waals surface area contributed by atoms with Crippen LogP contribution in [0.4, 0.5) is 10.2 Å². The van der Waals surface area contributed by atoms with Crippen molar-refractivity contribution in [1.82, 2.24) is 9.97 Å². The summed E-state index contributed by atoms with van der Waals surface area (Å²) in [4.78, 5) is 31.7. The van der Waals surface area contributed by atoms with Crippen LogP contribution in [0.15, 0.2) is 35.6 Å². The lowest BCUT2D eigenvalue weighted by atomic mass is 10.1. The number of hydrogen-bond acceptors (Lipinski definition) is 7. The Morgan fingerprint density at radius 3 is 2.64 bits per heavy atom. The Hall–Kier alpha value is -2.48. The summed E-state index contributed by atoms with van der Waals surface area (Å²) in [5.41, 5.74) is 6.37. The number of hydrogen-bond donors (Lipinski definition) is 1. The first kappa shape index (κ1) is 18.9. The number of anilines is 1. The largest absolute Gasteiger partial charge is 0.462 e. The molecule has 0 aliphatic rings. The number of ketones is 1. The molecule has 25 heavy (non-hydrogen) atoms. The number of rotatable bonds is 8. The van der Waals surface area contributed by atoms with E-state index in [9.17, 15) is 14.0 Å². The van der Waals surface area contributed by atoms with Gasteiger partial charge in [-0.3, -0.25) is 4.79 Å². The van der Waals surface area contributed by atoms with Crippen LogP contribution in [0.3, 0.4) is 0 Å². The highest BCUT2D eigenvalue weighted by Crippen LogP contribution is 2.19. The van der Waals surface area contributed by atoms with Crippen molar-refractivity contribution < 1.29 is 18.7 Å². The van der Waals surface area contributed by atoms with Gasteiger partial charge in [-0.25, -0.2) is 19.2 Å². The van der Waals surface area contributed by atoms with Crippen LogP contribution in [0.5, 0.6) is 0 Å². The van der Waals surface area contributed by atoms with E-state index in [4.69, 9.17) is 10.5 Å². The Balaban J connectivity index is 1.81. The molecule has 8 heteroatoms. The van der Waals surface area contributed by atoms with Crippen LogP contribution >= 0.6 is 11.8 Å². The maximum Gasteiger partial charge on any atom is 0.343 e. The lowest BCUT2D eigenvalue weighted by molar-refractivity contribution is 0.0526. The average Bonchev–Trinajstić information content (AvgIpc) is 2.59. The molecule has 0 aliphatic carbocycles. The number of Topliss-reactive ketones (excluding diaryl/α,β-unsaturated/α-hetero) is 1. The number of carbonyl (C=O) groups is 2. The van der Waals surface area contributed by atoms with Crippen LogP contribution in [-0.2, 0) is 4.74 Å². The van der Waals surface area contributed by atoms with Crippen molar-refractivity contribution in [3.8, 4) is 0 Å². The van der Waals surface area contributed by atoms with Gasteiger partial charge in [-0.05, 0) is 37.6 Å². The standard InChI is InChI=1S/C17H18FN3O3S/c1-2-24-16(23)13-10-20-17(21-15(13)19)25-9-3-4-14(22)11-5-7-12(18)8-6-11/h5-8,10H,2-4,9H2,1H3,(H2,19,20,21). The Kier molecular flexibility index (Phi) is 6.88. The van der Waals surface area contributed by atoms with Gasteiger partial charge in [0.2, 0.25) is 0 Å². The summed E-state index contributed by atoms with van der Waals surface area (Å²) >= 11 is 1.34. The van der Waals surface area contributed by atoms with Gasteiger partial charge in [-0.1, -0.05) is 11.8 Å². The molecule has 0 saturated carbocycles. The number of benzene rings is 1. The molecule has 132 valence electrons. The monoisotopic (exact) mass is 363 g/mol. The number of nitrogen functional groups attached to an aromatic ring is 1. The van der Waals surface area contributed by atoms with Gasteiger partial charge in [-0.15, -0.1) is 0 Å². The van der Waals surface area contributed by atoms with Crippen molar-refractivity contribution in [2.75, 3.05) is 18.1 Å². The number of carbonyl (C=O) groups excluding carboxylic acids is 2. The highest BCUT2D eigenvalue weighted by molar-refractivity contribution is 7.99. The van der Waals surface area contributed by atoms with Crippen LogP contribution in [0.25, 0.3) is 0 Å². The first-order valence-electron chi connectivity index (χ1n) is 7.72. The molecule has 1 aromatic heterocycles. The maximum absolute atomic E-state index is 12.8. The Morgan fingerprint density at radius 1 is 1.28 bits per heavy atom. The lowest BCUT2D eigenvalue weighted by Crippen LogP contribution is -2.10. The molecule has 2 N–H and O–H groups in total. The van der Waals surface area contributed by atoms with E-state index < -0.39 is 5.97 Å². The Labute approximate surface area is 149 Å². The van der Waals surface area contributed by atoms with E-state index in [0.717, 1.165) is 0 Å². The highest BCUT2D eigenvalue weighted by Gasteiger charge is 2.14. The van der Waals surface area contributed by atoms with E-state index in [0.29, 0.717) is 29.3 Å². The quantitative estimate of drug-likeness (QED) is 0.253. The molecule has 2 rings (SSSR count). The molecule has 0 unspecified atom stereocenters. The fraction of sp³-hybridized carbons (Fsp3) is 0.294. The summed E-state index contributed by atoms with van der Waals surface area (Å²) in [7, 11) is 0. The molecule has 6 nitrogen and oxygen atoms in total. The summed E-state index contributed by atoms with van der Waals surface area (Å²) in [5.74, 6) is -0.280. The SMILES string of the molecule is CCOC(=O)c1cnc(SCCCC(=O)c2ccc(F)cc2)nc1N. The first-order valence-corrected chi connectivity index (χ1v) is 8.71. The molecule has 0 spiro atoms. The minimum absolute atomic E-state index is 0.0429. The lowest BCUT2D eigenvalue weighted by Gasteiger charge is -2.06. The van der Waals surface area contributed by atoms with Crippen LogP contribution in [-0.4, -0.2) is 34.1 Å². The van der Waals surface area contributed by atoms with Crippen molar-refractivity contribution >= 4 is 29.3 Å². The van der Waals surface area contributed by atoms with E-state index in [1.165, 1.54) is 42.2 Å². The molecule has 0 atom stereocenters. The van der Waals surface area contributed by atoms with Gasteiger partial charge >= 0.3 is 5.97 Å². The zero-order valence-corrected chi connectivity index (χ0v) is 14.5. The molecule has 0 amide bonds. The van der Waals surface area contributed by atoms with E-state index in [1.54, 1.807) is 6.92 Å². The molecule has 0 aliphatic heterocycles. The third-order valence-electron chi connectivity index (χ3n) is 3.24. The number of esters is 1. The van der Waals surface area contributed by atoms with E-state index >= 15 is 0 Å². The van der Waals surface area contributed by atoms with Crippen LogP contribution in [0, 0.1) is 5.82 Å². The predicted octanol–water partition coefficient (Wildman–Crippen LogP) is 3.13. The maximum atomic E-state index is 12.8. The number of nitrogens with two attached hydrogens (primary N) is 1. The number of aromatic nitrogens is 2. The molecule has 0 bridgehead atoms. The molecular formula is C17H18FN3O3S. The molecule has 0 fully saturated rings. The zero-order chi connectivity index (χ0) is 18.2. The Morgan fingerprint density at radius 2 is 2.00 bits per heavy atom. The van der Waals surface area contributed by atoms with Crippen molar-refractivity contribution in [2.45, 2.75) is 24.9 Å². The van der Waals surface area contributed by atoms with Crippen molar-refractivity contribution in [1.29, 1.82) is 0 Å². The molecule has 1 heterocycles. The van der Waals surface area contributed by atoms with E-state index in [-0.39, 0.29) is 29.6 Å². The van der Waals surface area contributed by atoms with Crippen LogP contribution in [0.2, 0.25) is 0 Å². The summed E-state index contributed by atoms with van der Waals surface area (Å²) in [6, 6.07) is 5.48. The second-order valence-electron chi connectivity index (χ2n) is 5.05. The summed E-state index contributed by atoms with van der Waals surface area (Å²) < 4.78 is 17.7. The number of ether oxygens (including phenoxy) is 1. The van der Waals surface area contributed by atoms with Crippen LogP contribution < -0.4 is 5.73 Å². The molecule has 1 aromatic carbocycles. The number of nitrogens with zero attached hydrogens (tertiary/aromatic N) is 2. The second-order valence-corrected chi connectivity index (χ2v) is 6.12. The normalized spacial score (nSPS) is 10.5. The second kappa shape index (κ2) is 9.12. The topological polar surface area (TPSA) is 95.2 Å². The fourth-order valence-electron chi connectivity index (χ4n) is 1.99. The Bertz CT molecular complexity index is 753. The summed E-state index contributed by atoms with van der Waals surface area (Å²) in [6.45, 7) is 1.95. The number of halogens is 1. The molecular weight excluding hydrogens is 345 g/mol. The molecule has 0 saturated heterocycles. The smallest absolute Gasteiger partial charge is 0.343 e. The minimum Gasteiger partial charge on any atom is -0.462 e. The van der Waals surface area contributed by atoms with Gasteiger partial charge in [-0.2, -0.15) is 0 Å². The number of thioether (sulfide) groups is 1. The minimum atomic E-state index is -0.554. The van der Waals surface area contributed by atoms with Gasteiger partial charge in [0, 0.05) is 23.9 Å². The average molecular weight is 363 g/mol. The summed E-state index contributed by atoms with van der Waals surface area (Å²) in [5, 5.41) is 0.430. The van der Waals surface area contributed by atoms with Gasteiger partial charge < -0.3 is 10.5 Å². The van der Waals surface area contributed by atoms with Crippen molar-refractivity contribution in [3.05, 3.63) is 47.4 Å². The third-order valence-corrected chi connectivity index (χ3v) is 4.18. The first-order chi connectivity index (χ1) is 12.0. The third kappa shape index (κ3) is 5.53. The van der Waals surface area contributed by atoms with Crippen molar-refractivity contribution in [2.24, 2.45) is 0 Å². The fourth-order valence-corrected chi connectivity index (χ4v) is 2.75. The molecule has 0 radical (unpaired) electrons. The van der Waals surface area contributed by atoms with E-state index in [1.807, 2.05) is 0 Å². The highest BCUT2D eigenvalue weighted by atomic mass is 32.2. The van der Waals surface area contributed by atoms with Gasteiger partial charge in [0.05, 0.1) is 6.61 Å². The van der Waals surface area contributed by atoms with Crippen LogP contribution in [0.1, 0.15) is 40.5 Å².